The Balaban J connectivity index is 2.65. The van der Waals surface area contributed by atoms with Gasteiger partial charge in [-0.05, 0) is 32.9 Å². The van der Waals surface area contributed by atoms with Crippen molar-refractivity contribution in [3.05, 3.63) is 23.2 Å². The average molecular weight is 292 g/mol. The molecular weight excluding hydrogens is 274 g/mol. The Morgan fingerprint density at radius 2 is 1.94 bits per heavy atom. The lowest BCUT2D eigenvalue weighted by atomic mass is 10.3. The number of anilines is 1. The molecule has 1 aromatic carbocycles. The minimum atomic E-state index is -3.19. The van der Waals surface area contributed by atoms with Crippen LogP contribution in [-0.2, 0) is 9.84 Å². The van der Waals surface area contributed by atoms with E-state index in [2.05, 4.69) is 0 Å². The fourth-order valence-electron chi connectivity index (χ4n) is 1.20. The third-order valence-corrected chi connectivity index (χ3v) is 5.38. The van der Waals surface area contributed by atoms with Crippen LogP contribution in [0.5, 0.6) is 5.75 Å². The zero-order valence-electron chi connectivity index (χ0n) is 10.7. The van der Waals surface area contributed by atoms with Crippen LogP contribution in [0, 0.1) is 0 Å². The molecule has 0 atom stereocenters. The highest BCUT2D eigenvalue weighted by atomic mass is 35.5. The molecule has 0 aliphatic rings. The highest BCUT2D eigenvalue weighted by Gasteiger charge is 2.28. The maximum Gasteiger partial charge on any atom is 0.158 e. The molecule has 0 aliphatic carbocycles. The van der Waals surface area contributed by atoms with E-state index in [9.17, 15) is 8.42 Å². The SMILES string of the molecule is CC(C)(C)S(=O)(=O)CCOc1cc(N)ccc1Cl. The lowest BCUT2D eigenvalue weighted by molar-refractivity contribution is 0.340. The lowest BCUT2D eigenvalue weighted by Gasteiger charge is -2.19. The first-order valence-corrected chi connectivity index (χ1v) is 7.56. The van der Waals surface area contributed by atoms with E-state index >= 15 is 0 Å². The highest BCUT2D eigenvalue weighted by Crippen LogP contribution is 2.26. The van der Waals surface area contributed by atoms with Gasteiger partial charge in [-0.25, -0.2) is 8.42 Å². The molecule has 6 heteroatoms. The average Bonchev–Trinajstić information content (AvgIpc) is 2.21. The van der Waals surface area contributed by atoms with Gasteiger partial charge in [0, 0.05) is 11.8 Å². The van der Waals surface area contributed by atoms with Gasteiger partial charge >= 0.3 is 0 Å². The van der Waals surface area contributed by atoms with Crippen molar-refractivity contribution in [3.8, 4) is 5.75 Å². The molecule has 0 aliphatic heterocycles. The van der Waals surface area contributed by atoms with Gasteiger partial charge in [-0.15, -0.1) is 0 Å². The number of nitrogens with two attached hydrogens (primary N) is 1. The third kappa shape index (κ3) is 3.78. The minimum absolute atomic E-state index is 0.0539. The summed E-state index contributed by atoms with van der Waals surface area (Å²) in [5.74, 6) is 0.350. The van der Waals surface area contributed by atoms with E-state index in [1.807, 2.05) is 0 Å². The van der Waals surface area contributed by atoms with Crippen molar-refractivity contribution in [2.45, 2.75) is 25.5 Å². The second-order valence-electron chi connectivity index (χ2n) is 4.97. The van der Waals surface area contributed by atoms with E-state index in [4.69, 9.17) is 22.1 Å². The summed E-state index contributed by atoms with van der Waals surface area (Å²) in [6, 6.07) is 4.84. The first-order valence-electron chi connectivity index (χ1n) is 5.53. The van der Waals surface area contributed by atoms with Gasteiger partial charge in [0.05, 0.1) is 15.5 Å². The van der Waals surface area contributed by atoms with Gasteiger partial charge in [0.15, 0.2) is 9.84 Å². The summed E-state index contributed by atoms with van der Waals surface area (Å²) < 4.78 is 28.3. The predicted molar refractivity (Wildman–Crippen MR) is 74.9 cm³/mol. The number of hydrogen-bond acceptors (Lipinski definition) is 4. The van der Waals surface area contributed by atoms with E-state index in [-0.39, 0.29) is 12.4 Å². The Morgan fingerprint density at radius 1 is 1.33 bits per heavy atom. The number of nitrogen functional groups attached to an aromatic ring is 1. The summed E-state index contributed by atoms with van der Waals surface area (Å²) in [4.78, 5) is 0. The Labute approximate surface area is 113 Å². The summed E-state index contributed by atoms with van der Waals surface area (Å²) in [5.41, 5.74) is 6.12. The molecule has 0 amide bonds. The molecule has 1 rings (SSSR count). The molecule has 0 saturated carbocycles. The van der Waals surface area contributed by atoms with Crippen molar-refractivity contribution >= 4 is 27.1 Å². The Hall–Kier alpha value is -0.940. The molecule has 0 spiro atoms. The molecule has 0 fully saturated rings. The number of rotatable bonds is 4. The van der Waals surface area contributed by atoms with Gasteiger partial charge in [-0.3, -0.25) is 0 Å². The number of ether oxygens (including phenoxy) is 1. The van der Waals surface area contributed by atoms with Gasteiger partial charge in [-0.1, -0.05) is 11.6 Å². The largest absolute Gasteiger partial charge is 0.491 e. The summed E-state index contributed by atoms with van der Waals surface area (Å²) in [7, 11) is -3.19. The van der Waals surface area contributed by atoms with Crippen LogP contribution in [0.2, 0.25) is 5.02 Å². The second kappa shape index (κ2) is 5.36. The van der Waals surface area contributed by atoms with Crippen LogP contribution in [0.3, 0.4) is 0 Å². The lowest BCUT2D eigenvalue weighted by Crippen LogP contribution is -2.32. The molecule has 18 heavy (non-hydrogen) atoms. The minimum Gasteiger partial charge on any atom is -0.491 e. The molecule has 1 aromatic rings. The summed E-state index contributed by atoms with van der Waals surface area (Å²) in [6.07, 6.45) is 0. The zero-order valence-corrected chi connectivity index (χ0v) is 12.3. The van der Waals surface area contributed by atoms with Crippen LogP contribution in [0.4, 0.5) is 5.69 Å². The van der Waals surface area contributed by atoms with E-state index in [0.717, 1.165) is 0 Å². The Morgan fingerprint density at radius 3 is 2.50 bits per heavy atom. The van der Waals surface area contributed by atoms with Crippen molar-refractivity contribution in [2.24, 2.45) is 0 Å². The normalized spacial score (nSPS) is 12.4. The number of hydrogen-bond donors (Lipinski definition) is 1. The van der Waals surface area contributed by atoms with E-state index in [1.165, 1.54) is 0 Å². The molecule has 0 unspecified atom stereocenters. The van der Waals surface area contributed by atoms with Crippen molar-refractivity contribution in [1.82, 2.24) is 0 Å². The van der Waals surface area contributed by atoms with Gasteiger partial charge in [0.1, 0.15) is 12.4 Å². The van der Waals surface area contributed by atoms with Crippen molar-refractivity contribution in [3.63, 3.8) is 0 Å². The first-order chi connectivity index (χ1) is 8.13. The monoisotopic (exact) mass is 291 g/mol. The second-order valence-corrected chi connectivity index (χ2v) is 8.24. The standard InChI is InChI=1S/C12H18ClNO3S/c1-12(2,3)18(15,16)7-6-17-11-8-9(14)4-5-10(11)13/h4-5,8H,6-7,14H2,1-3H3. The smallest absolute Gasteiger partial charge is 0.158 e. The maximum atomic E-state index is 11.9. The molecular formula is C12H18ClNO3S. The Kier molecular flexibility index (Phi) is 4.50. The van der Waals surface area contributed by atoms with Gasteiger partial charge in [-0.2, -0.15) is 0 Å². The third-order valence-electron chi connectivity index (χ3n) is 2.50. The molecule has 0 bridgehead atoms. The maximum absolute atomic E-state index is 11.9. The Bertz CT molecular complexity index is 521. The van der Waals surface area contributed by atoms with E-state index in [1.54, 1.807) is 39.0 Å². The molecule has 2 N–H and O–H groups in total. The molecule has 0 aromatic heterocycles. The predicted octanol–water partition coefficient (Wildman–Crippen LogP) is 2.51. The van der Waals surface area contributed by atoms with Gasteiger partial charge in [0.25, 0.3) is 0 Å². The highest BCUT2D eigenvalue weighted by molar-refractivity contribution is 7.92. The van der Waals surface area contributed by atoms with Crippen LogP contribution in [-0.4, -0.2) is 25.5 Å². The molecule has 102 valence electrons. The van der Waals surface area contributed by atoms with E-state index in [0.29, 0.717) is 16.5 Å². The fraction of sp³-hybridized carbons (Fsp3) is 0.500. The van der Waals surface area contributed by atoms with Crippen molar-refractivity contribution in [1.29, 1.82) is 0 Å². The van der Waals surface area contributed by atoms with Gasteiger partial charge in [0.2, 0.25) is 0 Å². The topological polar surface area (TPSA) is 69.4 Å². The molecule has 0 radical (unpaired) electrons. The van der Waals surface area contributed by atoms with Crippen molar-refractivity contribution in [2.75, 3.05) is 18.1 Å². The van der Waals surface area contributed by atoms with Crippen LogP contribution >= 0.6 is 11.6 Å². The quantitative estimate of drug-likeness (QED) is 0.866. The fourth-order valence-corrected chi connectivity index (χ4v) is 2.29. The molecule has 0 saturated heterocycles. The first kappa shape index (κ1) is 15.1. The summed E-state index contributed by atoms with van der Waals surface area (Å²) in [5, 5.41) is 0.414. The molecule has 0 heterocycles. The van der Waals surface area contributed by atoms with Crippen LogP contribution in [0.15, 0.2) is 18.2 Å². The van der Waals surface area contributed by atoms with Crippen LogP contribution in [0.25, 0.3) is 0 Å². The molecule has 4 nitrogen and oxygen atoms in total. The summed E-state index contributed by atoms with van der Waals surface area (Å²) >= 11 is 5.91. The zero-order chi connectivity index (χ0) is 14.0. The van der Waals surface area contributed by atoms with E-state index < -0.39 is 14.6 Å². The number of halogens is 1. The number of sulfone groups is 1. The summed E-state index contributed by atoms with van der Waals surface area (Å²) in [6.45, 7) is 5.05. The van der Waals surface area contributed by atoms with Crippen molar-refractivity contribution < 1.29 is 13.2 Å². The van der Waals surface area contributed by atoms with Crippen LogP contribution in [0.1, 0.15) is 20.8 Å². The number of benzene rings is 1. The van der Waals surface area contributed by atoms with Crippen LogP contribution < -0.4 is 10.5 Å². The van der Waals surface area contributed by atoms with Gasteiger partial charge < -0.3 is 10.5 Å².